The van der Waals surface area contributed by atoms with Crippen LogP contribution < -0.4 is 9.80 Å². The van der Waals surface area contributed by atoms with E-state index in [2.05, 4.69) is 38.7 Å². The number of nitrogens with zero attached hydrogens (tertiary/aromatic N) is 2. The van der Waals surface area contributed by atoms with Crippen LogP contribution >= 0.6 is 0 Å². The third-order valence-electron chi connectivity index (χ3n) is 6.77. The van der Waals surface area contributed by atoms with Crippen molar-refractivity contribution < 1.29 is 14.3 Å². The maximum absolute atomic E-state index is 13.7. The summed E-state index contributed by atoms with van der Waals surface area (Å²) in [5.41, 5.74) is 4.75. The summed E-state index contributed by atoms with van der Waals surface area (Å²) in [4.78, 5) is 30.1. The minimum atomic E-state index is -0.295. The fourth-order valence-electron chi connectivity index (χ4n) is 4.84. The van der Waals surface area contributed by atoms with Gasteiger partial charge in [0.25, 0.3) is 5.91 Å². The van der Waals surface area contributed by atoms with Crippen molar-refractivity contribution in [1.82, 2.24) is 0 Å². The van der Waals surface area contributed by atoms with E-state index in [1.165, 1.54) is 12.7 Å². The van der Waals surface area contributed by atoms with Gasteiger partial charge in [-0.3, -0.25) is 9.59 Å². The van der Waals surface area contributed by atoms with Crippen molar-refractivity contribution in [3.63, 3.8) is 0 Å². The standard InChI is InChI=1S/C30H34N2O3/c1-21-19-27(31(20-28(33)35-5)24-11-7-6-8-12-24)25-13-9-10-14-26(25)32(21)29(34)22-15-17-23(18-16-22)30(2,3)4/h6-18,21,27H,19-20H2,1-5H3/t21-,27-/m1/s1. The van der Waals surface area contributed by atoms with Gasteiger partial charge in [-0.25, -0.2) is 0 Å². The monoisotopic (exact) mass is 470 g/mol. The van der Waals surface area contributed by atoms with E-state index >= 15 is 0 Å². The minimum absolute atomic E-state index is 0.0110. The molecule has 182 valence electrons. The number of methoxy groups -OCH3 is 1. The Bertz CT molecular complexity index is 1180. The zero-order valence-electron chi connectivity index (χ0n) is 21.2. The zero-order chi connectivity index (χ0) is 25.2. The van der Waals surface area contributed by atoms with Crippen molar-refractivity contribution in [2.24, 2.45) is 0 Å². The van der Waals surface area contributed by atoms with Crippen LogP contribution in [-0.4, -0.2) is 31.6 Å². The molecule has 0 radical (unpaired) electrons. The van der Waals surface area contributed by atoms with Gasteiger partial charge in [-0.2, -0.15) is 0 Å². The Kier molecular flexibility index (Phi) is 6.97. The smallest absolute Gasteiger partial charge is 0.325 e. The molecule has 0 bridgehead atoms. The molecular formula is C30H34N2O3. The van der Waals surface area contributed by atoms with Crippen molar-refractivity contribution in [3.05, 3.63) is 95.6 Å². The second-order valence-electron chi connectivity index (χ2n) is 10.2. The largest absolute Gasteiger partial charge is 0.468 e. The summed E-state index contributed by atoms with van der Waals surface area (Å²) >= 11 is 0. The Morgan fingerprint density at radius 2 is 1.57 bits per heavy atom. The third-order valence-corrected chi connectivity index (χ3v) is 6.77. The molecule has 3 aromatic carbocycles. The molecule has 1 aliphatic heterocycles. The van der Waals surface area contributed by atoms with Gasteiger partial charge in [0, 0.05) is 23.0 Å². The lowest BCUT2D eigenvalue weighted by Gasteiger charge is -2.44. The van der Waals surface area contributed by atoms with Crippen LogP contribution in [0.15, 0.2) is 78.9 Å². The molecule has 0 spiro atoms. The number of rotatable bonds is 5. The van der Waals surface area contributed by atoms with Crippen molar-refractivity contribution >= 4 is 23.3 Å². The van der Waals surface area contributed by atoms with E-state index in [1.807, 2.05) is 77.7 Å². The van der Waals surface area contributed by atoms with Gasteiger partial charge in [-0.1, -0.05) is 69.3 Å². The molecule has 0 saturated heterocycles. The lowest BCUT2D eigenvalue weighted by Crippen LogP contribution is -2.47. The number of ether oxygens (including phenoxy) is 1. The highest BCUT2D eigenvalue weighted by Crippen LogP contribution is 2.42. The van der Waals surface area contributed by atoms with Crippen LogP contribution in [0.1, 0.15) is 61.6 Å². The van der Waals surface area contributed by atoms with Crippen LogP contribution in [0.25, 0.3) is 0 Å². The molecule has 0 saturated carbocycles. The van der Waals surface area contributed by atoms with Gasteiger partial charge in [-0.15, -0.1) is 0 Å². The van der Waals surface area contributed by atoms with E-state index in [9.17, 15) is 9.59 Å². The molecule has 0 fully saturated rings. The first-order valence-corrected chi connectivity index (χ1v) is 12.1. The van der Waals surface area contributed by atoms with E-state index < -0.39 is 0 Å². The van der Waals surface area contributed by atoms with Crippen molar-refractivity contribution in [2.75, 3.05) is 23.5 Å². The molecule has 0 N–H and O–H groups in total. The van der Waals surface area contributed by atoms with E-state index in [0.29, 0.717) is 12.0 Å². The lowest BCUT2D eigenvalue weighted by atomic mass is 9.86. The first-order chi connectivity index (χ1) is 16.7. The van der Waals surface area contributed by atoms with Gasteiger partial charge in [0.1, 0.15) is 6.54 Å². The molecule has 5 heteroatoms. The number of carbonyl (C=O) groups is 2. The number of benzene rings is 3. The first-order valence-electron chi connectivity index (χ1n) is 12.1. The molecule has 1 aliphatic rings. The summed E-state index contributed by atoms with van der Waals surface area (Å²) < 4.78 is 5.01. The Morgan fingerprint density at radius 3 is 2.20 bits per heavy atom. The molecule has 35 heavy (non-hydrogen) atoms. The average Bonchev–Trinajstić information content (AvgIpc) is 2.86. The summed E-state index contributed by atoms with van der Waals surface area (Å²) in [7, 11) is 1.41. The topological polar surface area (TPSA) is 49.9 Å². The zero-order valence-corrected chi connectivity index (χ0v) is 21.2. The number of hydrogen-bond donors (Lipinski definition) is 0. The summed E-state index contributed by atoms with van der Waals surface area (Å²) in [6.07, 6.45) is 0.689. The van der Waals surface area contributed by atoms with Gasteiger partial charge in [0.15, 0.2) is 0 Å². The molecule has 1 amide bonds. The number of fused-ring (bicyclic) bond motifs is 1. The molecule has 2 atom stereocenters. The van der Waals surface area contributed by atoms with Crippen LogP contribution in [0, 0.1) is 0 Å². The van der Waals surface area contributed by atoms with Crippen molar-refractivity contribution in [1.29, 1.82) is 0 Å². The normalized spacial score (nSPS) is 17.5. The molecule has 1 heterocycles. The summed E-state index contributed by atoms with van der Waals surface area (Å²) in [5.74, 6) is -0.306. The highest BCUT2D eigenvalue weighted by molar-refractivity contribution is 6.07. The maximum atomic E-state index is 13.7. The predicted molar refractivity (Wildman–Crippen MR) is 141 cm³/mol. The quantitative estimate of drug-likeness (QED) is 0.420. The van der Waals surface area contributed by atoms with Gasteiger partial charge in [-0.05, 0) is 60.2 Å². The fraction of sp³-hybridized carbons (Fsp3) is 0.333. The van der Waals surface area contributed by atoms with E-state index in [1.54, 1.807) is 0 Å². The average molecular weight is 471 g/mol. The summed E-state index contributed by atoms with van der Waals surface area (Å²) in [6, 6.07) is 25.7. The fourth-order valence-corrected chi connectivity index (χ4v) is 4.84. The highest BCUT2D eigenvalue weighted by atomic mass is 16.5. The van der Waals surface area contributed by atoms with Crippen LogP contribution in [0.5, 0.6) is 0 Å². The minimum Gasteiger partial charge on any atom is -0.468 e. The number of para-hydroxylation sites is 2. The van der Waals surface area contributed by atoms with Crippen LogP contribution in [-0.2, 0) is 14.9 Å². The third kappa shape index (κ3) is 5.09. The highest BCUT2D eigenvalue weighted by Gasteiger charge is 2.37. The number of carbonyl (C=O) groups excluding carboxylic acids is 2. The molecule has 5 nitrogen and oxygen atoms in total. The van der Waals surface area contributed by atoms with E-state index in [0.717, 1.165) is 16.9 Å². The SMILES string of the molecule is COC(=O)CN(c1ccccc1)[C@@H]1C[C@@H](C)N(C(=O)c2ccc(C(C)(C)C)cc2)c2ccccc21. The Hall–Kier alpha value is -3.60. The lowest BCUT2D eigenvalue weighted by molar-refractivity contribution is -0.139. The summed E-state index contributed by atoms with van der Waals surface area (Å²) in [6.45, 7) is 8.71. The Morgan fingerprint density at radius 1 is 0.943 bits per heavy atom. The molecule has 0 unspecified atom stereocenters. The summed E-state index contributed by atoms with van der Waals surface area (Å²) in [5, 5.41) is 0. The van der Waals surface area contributed by atoms with Crippen LogP contribution in [0.3, 0.4) is 0 Å². The molecule has 0 aliphatic carbocycles. The van der Waals surface area contributed by atoms with Gasteiger partial charge in [0.05, 0.1) is 13.2 Å². The van der Waals surface area contributed by atoms with Crippen molar-refractivity contribution in [2.45, 2.75) is 51.6 Å². The maximum Gasteiger partial charge on any atom is 0.325 e. The second kappa shape index (κ2) is 9.95. The Balaban J connectivity index is 1.72. The number of anilines is 2. The molecule has 3 aromatic rings. The Labute approximate surface area is 208 Å². The van der Waals surface area contributed by atoms with Crippen LogP contribution in [0.4, 0.5) is 11.4 Å². The number of amides is 1. The molecule has 4 rings (SSSR count). The van der Waals surface area contributed by atoms with E-state index in [4.69, 9.17) is 4.74 Å². The van der Waals surface area contributed by atoms with Gasteiger partial charge in [0.2, 0.25) is 0 Å². The molecule has 0 aromatic heterocycles. The van der Waals surface area contributed by atoms with Gasteiger partial charge >= 0.3 is 5.97 Å². The van der Waals surface area contributed by atoms with E-state index in [-0.39, 0.29) is 35.9 Å². The van der Waals surface area contributed by atoms with Gasteiger partial charge < -0.3 is 14.5 Å². The second-order valence-corrected chi connectivity index (χ2v) is 10.2. The first kappa shape index (κ1) is 24.5. The predicted octanol–water partition coefficient (Wildman–Crippen LogP) is 6.14. The van der Waals surface area contributed by atoms with Crippen LogP contribution in [0.2, 0.25) is 0 Å². The number of esters is 1. The molecular weight excluding hydrogens is 436 g/mol. The number of hydrogen-bond acceptors (Lipinski definition) is 4. The van der Waals surface area contributed by atoms with Crippen molar-refractivity contribution in [3.8, 4) is 0 Å².